The molecule has 0 atom stereocenters. The Hall–Kier alpha value is -2.61. The predicted molar refractivity (Wildman–Crippen MR) is 100 cm³/mol. The molecule has 1 N–H and O–H groups in total. The lowest BCUT2D eigenvalue weighted by atomic mass is 9.97. The van der Waals surface area contributed by atoms with Gasteiger partial charge in [-0.2, -0.15) is 0 Å². The number of hydrogen-bond acceptors (Lipinski definition) is 4. The van der Waals surface area contributed by atoms with Gasteiger partial charge >= 0.3 is 0 Å². The standard InChI is InChI=1S/C19H17F2N3O2S/c20-11-5-6-14(13(21)9-11)23-16(25)7-8-24-10-22-18-17(19(24)26)12-3-1-2-4-15(12)27-18/h5-6,9-10H,1-4,7-8H2,(H,23,25). The van der Waals surface area contributed by atoms with Crippen LogP contribution in [0.15, 0.2) is 29.3 Å². The van der Waals surface area contributed by atoms with Crippen LogP contribution in [0, 0.1) is 11.6 Å². The Kier molecular flexibility index (Phi) is 4.73. The van der Waals surface area contributed by atoms with Crippen molar-refractivity contribution in [2.45, 2.75) is 38.6 Å². The summed E-state index contributed by atoms with van der Waals surface area (Å²) in [6, 6.07) is 2.94. The van der Waals surface area contributed by atoms with Crippen LogP contribution in [0.3, 0.4) is 0 Å². The van der Waals surface area contributed by atoms with Crippen molar-refractivity contribution in [1.29, 1.82) is 0 Å². The zero-order valence-corrected chi connectivity index (χ0v) is 15.2. The van der Waals surface area contributed by atoms with Crippen LogP contribution < -0.4 is 10.9 Å². The normalized spacial score (nSPS) is 13.6. The number of thiophene rings is 1. The second-order valence-electron chi connectivity index (χ2n) is 6.56. The molecule has 0 fully saturated rings. The SMILES string of the molecule is O=C(CCn1cnc2sc3c(c2c1=O)CCCC3)Nc1ccc(F)cc1F. The summed E-state index contributed by atoms with van der Waals surface area (Å²) in [5, 5.41) is 3.06. The molecule has 1 amide bonds. The summed E-state index contributed by atoms with van der Waals surface area (Å²) in [7, 11) is 0. The van der Waals surface area contributed by atoms with Gasteiger partial charge in [0.05, 0.1) is 17.4 Å². The summed E-state index contributed by atoms with van der Waals surface area (Å²) < 4.78 is 28.0. The monoisotopic (exact) mass is 389 g/mol. The second kappa shape index (κ2) is 7.19. The number of aromatic nitrogens is 2. The van der Waals surface area contributed by atoms with Gasteiger partial charge in [-0.05, 0) is 43.4 Å². The summed E-state index contributed by atoms with van der Waals surface area (Å²) >= 11 is 1.58. The third kappa shape index (κ3) is 3.49. The fourth-order valence-electron chi connectivity index (χ4n) is 3.37. The average Bonchev–Trinajstić information content (AvgIpc) is 3.03. The minimum Gasteiger partial charge on any atom is -0.324 e. The van der Waals surface area contributed by atoms with Crippen LogP contribution in [0.5, 0.6) is 0 Å². The van der Waals surface area contributed by atoms with E-state index in [1.807, 2.05) is 0 Å². The van der Waals surface area contributed by atoms with Crippen molar-refractivity contribution in [3.8, 4) is 0 Å². The Labute approximate surface area is 157 Å². The predicted octanol–water partition coefficient (Wildman–Crippen LogP) is 3.64. The third-order valence-corrected chi connectivity index (χ3v) is 5.93. The van der Waals surface area contributed by atoms with Gasteiger partial charge in [-0.25, -0.2) is 13.8 Å². The molecule has 0 radical (unpaired) electrons. The summed E-state index contributed by atoms with van der Waals surface area (Å²) in [5.74, 6) is -2.01. The minimum absolute atomic E-state index is 0.0176. The molecule has 0 saturated heterocycles. The fraction of sp³-hybridized carbons (Fsp3) is 0.316. The summed E-state index contributed by atoms with van der Waals surface area (Å²) in [4.78, 5) is 31.3. The largest absolute Gasteiger partial charge is 0.324 e. The lowest BCUT2D eigenvalue weighted by Crippen LogP contribution is -2.24. The van der Waals surface area contributed by atoms with E-state index in [1.54, 1.807) is 11.3 Å². The highest BCUT2D eigenvalue weighted by atomic mass is 32.1. The molecule has 0 spiro atoms. The maximum Gasteiger partial charge on any atom is 0.262 e. The molecule has 1 aromatic carbocycles. The number of carbonyl (C=O) groups excluding carboxylic acids is 1. The zero-order chi connectivity index (χ0) is 19.0. The first kappa shape index (κ1) is 17.8. The first-order valence-corrected chi connectivity index (χ1v) is 9.59. The number of fused-ring (bicyclic) bond motifs is 3. The van der Waals surface area contributed by atoms with Gasteiger partial charge in [-0.1, -0.05) is 0 Å². The van der Waals surface area contributed by atoms with Gasteiger partial charge in [-0.15, -0.1) is 11.3 Å². The summed E-state index contributed by atoms with van der Waals surface area (Å²) in [6.45, 7) is 0.140. The molecule has 3 aromatic rings. The number of nitrogens with zero attached hydrogens (tertiary/aromatic N) is 2. The van der Waals surface area contributed by atoms with E-state index in [9.17, 15) is 18.4 Å². The van der Waals surface area contributed by atoms with Crippen LogP contribution in [0.4, 0.5) is 14.5 Å². The van der Waals surface area contributed by atoms with Gasteiger partial charge in [0.15, 0.2) is 0 Å². The molecule has 8 heteroatoms. The first-order chi connectivity index (χ1) is 13.0. The van der Waals surface area contributed by atoms with E-state index in [0.717, 1.165) is 42.1 Å². The first-order valence-electron chi connectivity index (χ1n) is 8.77. The van der Waals surface area contributed by atoms with E-state index >= 15 is 0 Å². The van der Waals surface area contributed by atoms with Crippen LogP contribution in [-0.4, -0.2) is 15.5 Å². The molecule has 0 bridgehead atoms. The molecular weight excluding hydrogens is 372 g/mol. The molecule has 1 aliphatic rings. The number of halogens is 2. The Morgan fingerprint density at radius 2 is 2.07 bits per heavy atom. The zero-order valence-electron chi connectivity index (χ0n) is 14.4. The Bertz CT molecular complexity index is 1090. The van der Waals surface area contributed by atoms with Crippen molar-refractivity contribution in [3.05, 3.63) is 57.0 Å². The van der Waals surface area contributed by atoms with E-state index in [2.05, 4.69) is 10.3 Å². The summed E-state index contributed by atoms with van der Waals surface area (Å²) in [6.07, 6.45) is 5.52. The van der Waals surface area contributed by atoms with Crippen molar-refractivity contribution in [1.82, 2.24) is 9.55 Å². The molecule has 140 valence electrons. The molecule has 2 heterocycles. The van der Waals surface area contributed by atoms with Crippen LogP contribution in [0.25, 0.3) is 10.2 Å². The topological polar surface area (TPSA) is 64.0 Å². The van der Waals surface area contributed by atoms with Crippen molar-refractivity contribution >= 4 is 33.1 Å². The van der Waals surface area contributed by atoms with E-state index in [1.165, 1.54) is 21.8 Å². The molecule has 5 nitrogen and oxygen atoms in total. The number of rotatable bonds is 4. The van der Waals surface area contributed by atoms with E-state index in [-0.39, 0.29) is 24.2 Å². The van der Waals surface area contributed by atoms with Crippen molar-refractivity contribution in [2.24, 2.45) is 0 Å². The number of nitrogens with one attached hydrogen (secondary N) is 1. The quantitative estimate of drug-likeness (QED) is 0.741. The molecule has 27 heavy (non-hydrogen) atoms. The molecule has 2 aromatic heterocycles. The number of carbonyl (C=O) groups is 1. The highest BCUT2D eigenvalue weighted by Gasteiger charge is 2.20. The van der Waals surface area contributed by atoms with Gasteiger partial charge in [-0.3, -0.25) is 14.2 Å². The van der Waals surface area contributed by atoms with Crippen LogP contribution in [0.1, 0.15) is 29.7 Å². The number of aryl methyl sites for hydroxylation is 3. The van der Waals surface area contributed by atoms with Crippen LogP contribution >= 0.6 is 11.3 Å². The average molecular weight is 389 g/mol. The number of amides is 1. The Balaban J connectivity index is 1.51. The highest BCUT2D eigenvalue weighted by Crippen LogP contribution is 2.33. The number of hydrogen-bond donors (Lipinski definition) is 1. The van der Waals surface area contributed by atoms with E-state index < -0.39 is 17.5 Å². The van der Waals surface area contributed by atoms with Crippen LogP contribution in [-0.2, 0) is 24.2 Å². The number of anilines is 1. The Morgan fingerprint density at radius 3 is 2.89 bits per heavy atom. The van der Waals surface area contributed by atoms with Crippen molar-refractivity contribution in [2.75, 3.05) is 5.32 Å². The molecule has 0 saturated carbocycles. The molecule has 4 rings (SSSR count). The number of benzene rings is 1. The smallest absolute Gasteiger partial charge is 0.262 e. The molecule has 1 aliphatic carbocycles. The second-order valence-corrected chi connectivity index (χ2v) is 7.64. The lowest BCUT2D eigenvalue weighted by molar-refractivity contribution is -0.116. The molecular formula is C19H17F2N3O2S. The van der Waals surface area contributed by atoms with E-state index in [4.69, 9.17) is 0 Å². The van der Waals surface area contributed by atoms with Crippen molar-refractivity contribution in [3.63, 3.8) is 0 Å². The minimum atomic E-state index is -0.839. The fourth-order valence-corrected chi connectivity index (χ4v) is 4.59. The molecule has 0 aliphatic heterocycles. The van der Waals surface area contributed by atoms with Gasteiger partial charge in [0, 0.05) is 23.9 Å². The van der Waals surface area contributed by atoms with Gasteiger partial charge in [0.25, 0.3) is 5.56 Å². The maximum absolute atomic E-state index is 13.6. The van der Waals surface area contributed by atoms with Crippen LogP contribution in [0.2, 0.25) is 0 Å². The Morgan fingerprint density at radius 1 is 1.26 bits per heavy atom. The summed E-state index contributed by atoms with van der Waals surface area (Å²) in [5.41, 5.74) is 0.875. The third-order valence-electron chi connectivity index (χ3n) is 4.73. The lowest BCUT2D eigenvalue weighted by Gasteiger charge is -2.10. The van der Waals surface area contributed by atoms with E-state index in [0.29, 0.717) is 11.5 Å². The van der Waals surface area contributed by atoms with Gasteiger partial charge in [0.2, 0.25) is 5.91 Å². The van der Waals surface area contributed by atoms with Gasteiger partial charge in [0.1, 0.15) is 16.5 Å². The molecule has 0 unspecified atom stereocenters. The van der Waals surface area contributed by atoms with Gasteiger partial charge < -0.3 is 5.32 Å². The highest BCUT2D eigenvalue weighted by molar-refractivity contribution is 7.18. The van der Waals surface area contributed by atoms with Crippen molar-refractivity contribution < 1.29 is 13.6 Å². The maximum atomic E-state index is 13.6.